The van der Waals surface area contributed by atoms with Gasteiger partial charge in [0.05, 0.1) is 9.40 Å². The zero-order valence-electron chi connectivity index (χ0n) is 10.9. The Balaban J connectivity index is 2.05. The number of nitro groups is 1. The summed E-state index contributed by atoms with van der Waals surface area (Å²) in [6.07, 6.45) is -0.301. The summed E-state index contributed by atoms with van der Waals surface area (Å²) in [5.74, 6) is -0.547. The van der Waals surface area contributed by atoms with E-state index >= 15 is 0 Å². The van der Waals surface area contributed by atoms with E-state index in [0.717, 1.165) is 12.1 Å². The minimum Gasteiger partial charge on any atom is -0.465 e. The molecule has 114 valence electrons. The smallest absolute Gasteiger partial charge is 0.407 e. The van der Waals surface area contributed by atoms with Gasteiger partial charge in [-0.2, -0.15) is 0 Å². The van der Waals surface area contributed by atoms with Gasteiger partial charge < -0.3 is 15.3 Å². The number of benzene rings is 1. The fraction of sp³-hybridized carbons (Fsp3) is 0.417. The number of amides is 1. The maximum absolute atomic E-state index is 13.5. The van der Waals surface area contributed by atoms with E-state index in [9.17, 15) is 19.3 Å². The van der Waals surface area contributed by atoms with Crippen molar-refractivity contribution in [1.82, 2.24) is 4.90 Å². The molecule has 0 spiro atoms. The number of hydrogen-bond acceptors (Lipinski definition) is 4. The highest BCUT2D eigenvalue weighted by Gasteiger charge is 2.26. The van der Waals surface area contributed by atoms with Crippen LogP contribution in [0.25, 0.3) is 0 Å². The van der Waals surface area contributed by atoms with Crippen molar-refractivity contribution in [1.29, 1.82) is 0 Å². The standard InChI is InChI=1S/C12H13BrFN3O4/c13-8-3-11(17(20)21)10(4-9(8)14)15-5-7-1-2-16(6-7)12(18)19/h3-4,7,15H,1-2,5-6H2,(H,18,19)/t7-/m0/s1. The van der Waals surface area contributed by atoms with Crippen molar-refractivity contribution in [3.8, 4) is 0 Å². The molecule has 1 amide bonds. The minimum atomic E-state index is -0.974. The number of likely N-dealkylation sites (tertiary alicyclic amines) is 1. The number of carbonyl (C=O) groups is 1. The Labute approximate surface area is 128 Å². The summed E-state index contributed by atoms with van der Waals surface area (Å²) in [5.41, 5.74) is -0.133. The fourth-order valence-electron chi connectivity index (χ4n) is 2.26. The fourth-order valence-corrected chi connectivity index (χ4v) is 2.59. The Bertz CT molecular complexity index is 584. The molecule has 9 heteroatoms. The van der Waals surface area contributed by atoms with Crippen LogP contribution < -0.4 is 5.32 Å². The van der Waals surface area contributed by atoms with Gasteiger partial charge in [0.2, 0.25) is 0 Å². The summed E-state index contributed by atoms with van der Waals surface area (Å²) in [5, 5.41) is 22.7. The predicted octanol–water partition coefficient (Wildman–Crippen LogP) is 2.91. The van der Waals surface area contributed by atoms with E-state index in [1.165, 1.54) is 4.90 Å². The highest BCUT2D eigenvalue weighted by Crippen LogP contribution is 2.31. The topological polar surface area (TPSA) is 95.7 Å². The number of nitrogens with zero attached hydrogens (tertiary/aromatic N) is 2. The maximum atomic E-state index is 13.5. The number of anilines is 1. The number of rotatable bonds is 4. The third-order valence-corrected chi connectivity index (χ3v) is 3.98. The molecule has 0 bridgehead atoms. The molecule has 1 heterocycles. The molecule has 1 aromatic carbocycles. The van der Waals surface area contributed by atoms with Crippen LogP contribution in [-0.4, -0.2) is 40.7 Å². The third-order valence-electron chi connectivity index (χ3n) is 3.37. The monoisotopic (exact) mass is 361 g/mol. The number of nitro benzene ring substituents is 1. The summed E-state index contributed by atoms with van der Waals surface area (Å²) in [4.78, 5) is 22.5. The van der Waals surface area contributed by atoms with E-state index in [2.05, 4.69) is 21.2 Å². The predicted molar refractivity (Wildman–Crippen MR) is 76.9 cm³/mol. The van der Waals surface area contributed by atoms with E-state index in [4.69, 9.17) is 5.11 Å². The van der Waals surface area contributed by atoms with Crippen molar-refractivity contribution in [2.75, 3.05) is 25.0 Å². The lowest BCUT2D eigenvalue weighted by Crippen LogP contribution is -2.28. The van der Waals surface area contributed by atoms with Crippen LogP contribution in [0, 0.1) is 21.8 Å². The van der Waals surface area contributed by atoms with E-state index in [1.807, 2.05) is 0 Å². The van der Waals surface area contributed by atoms with Crippen molar-refractivity contribution < 1.29 is 19.2 Å². The average Bonchev–Trinajstić information content (AvgIpc) is 2.88. The van der Waals surface area contributed by atoms with Crippen LogP contribution in [0.3, 0.4) is 0 Å². The lowest BCUT2D eigenvalue weighted by Gasteiger charge is -2.14. The summed E-state index contributed by atoms with van der Waals surface area (Å²) in [7, 11) is 0. The second-order valence-corrected chi connectivity index (χ2v) is 5.66. The highest BCUT2D eigenvalue weighted by atomic mass is 79.9. The second-order valence-electron chi connectivity index (χ2n) is 4.80. The average molecular weight is 362 g/mol. The Kier molecular flexibility index (Phi) is 4.61. The lowest BCUT2D eigenvalue weighted by molar-refractivity contribution is -0.384. The first-order valence-corrected chi connectivity index (χ1v) is 7.03. The Hall–Kier alpha value is -1.90. The maximum Gasteiger partial charge on any atom is 0.407 e. The van der Waals surface area contributed by atoms with Gasteiger partial charge in [-0.25, -0.2) is 9.18 Å². The van der Waals surface area contributed by atoms with E-state index in [0.29, 0.717) is 26.1 Å². The zero-order chi connectivity index (χ0) is 15.6. The number of hydrogen-bond donors (Lipinski definition) is 2. The molecule has 2 rings (SSSR count). The molecule has 7 nitrogen and oxygen atoms in total. The van der Waals surface area contributed by atoms with E-state index in [1.54, 1.807) is 0 Å². The van der Waals surface area contributed by atoms with Gasteiger partial charge >= 0.3 is 6.09 Å². The van der Waals surface area contributed by atoms with E-state index < -0.39 is 16.8 Å². The van der Waals surface area contributed by atoms with Crippen molar-refractivity contribution in [3.63, 3.8) is 0 Å². The normalized spacial score (nSPS) is 17.8. The van der Waals surface area contributed by atoms with Crippen LogP contribution in [-0.2, 0) is 0 Å². The van der Waals surface area contributed by atoms with Crippen molar-refractivity contribution in [3.05, 3.63) is 32.5 Å². The van der Waals surface area contributed by atoms with Crippen LogP contribution in [0.5, 0.6) is 0 Å². The first-order valence-electron chi connectivity index (χ1n) is 6.23. The van der Waals surface area contributed by atoms with Gasteiger partial charge in [-0.3, -0.25) is 10.1 Å². The van der Waals surface area contributed by atoms with Gasteiger partial charge in [0.15, 0.2) is 0 Å². The highest BCUT2D eigenvalue weighted by molar-refractivity contribution is 9.10. The Morgan fingerprint density at radius 3 is 2.90 bits per heavy atom. The van der Waals surface area contributed by atoms with Crippen molar-refractivity contribution in [2.24, 2.45) is 5.92 Å². The summed E-state index contributed by atoms with van der Waals surface area (Å²) >= 11 is 2.91. The summed E-state index contributed by atoms with van der Waals surface area (Å²) in [6.45, 7) is 1.17. The van der Waals surface area contributed by atoms with Gasteiger partial charge in [0.1, 0.15) is 11.5 Å². The minimum absolute atomic E-state index is 0.0256. The quantitative estimate of drug-likeness (QED) is 0.634. The molecule has 1 aliphatic rings. The molecule has 21 heavy (non-hydrogen) atoms. The zero-order valence-corrected chi connectivity index (χ0v) is 12.5. The van der Waals surface area contributed by atoms with Crippen LogP contribution in [0.4, 0.5) is 20.6 Å². The molecule has 0 aromatic heterocycles. The van der Waals surface area contributed by atoms with Gasteiger partial charge in [-0.1, -0.05) is 0 Å². The lowest BCUT2D eigenvalue weighted by atomic mass is 10.1. The first kappa shape index (κ1) is 15.5. The SMILES string of the molecule is O=C(O)N1CC[C@@H](CNc2cc(F)c(Br)cc2[N+](=O)[O-])C1. The number of halogens is 2. The first-order chi connectivity index (χ1) is 9.88. The molecule has 1 aromatic rings. The van der Waals surface area contributed by atoms with Crippen LogP contribution in [0.2, 0.25) is 0 Å². The van der Waals surface area contributed by atoms with Crippen LogP contribution in [0.1, 0.15) is 6.42 Å². The molecule has 1 saturated heterocycles. The molecule has 0 radical (unpaired) electrons. The van der Waals surface area contributed by atoms with Crippen LogP contribution >= 0.6 is 15.9 Å². The van der Waals surface area contributed by atoms with Crippen molar-refractivity contribution in [2.45, 2.75) is 6.42 Å². The molecular weight excluding hydrogens is 349 g/mol. The van der Waals surface area contributed by atoms with Crippen LogP contribution in [0.15, 0.2) is 16.6 Å². The Morgan fingerprint density at radius 1 is 1.62 bits per heavy atom. The largest absolute Gasteiger partial charge is 0.465 e. The van der Waals surface area contributed by atoms with Gasteiger partial charge in [-0.15, -0.1) is 0 Å². The molecule has 1 aliphatic heterocycles. The van der Waals surface area contributed by atoms with Gasteiger partial charge in [-0.05, 0) is 28.3 Å². The van der Waals surface area contributed by atoms with Crippen molar-refractivity contribution >= 4 is 33.4 Å². The molecule has 0 aliphatic carbocycles. The number of carboxylic acid groups (broad SMARTS) is 1. The van der Waals surface area contributed by atoms with Gasteiger partial charge in [0.25, 0.3) is 5.69 Å². The number of nitrogens with one attached hydrogen (secondary N) is 1. The summed E-state index contributed by atoms with van der Waals surface area (Å²) in [6, 6.07) is 2.17. The molecule has 1 fully saturated rings. The molecule has 2 N–H and O–H groups in total. The van der Waals surface area contributed by atoms with E-state index in [-0.39, 0.29) is 21.8 Å². The summed E-state index contributed by atoms with van der Waals surface area (Å²) < 4.78 is 13.5. The third kappa shape index (κ3) is 3.60. The molecular formula is C12H13BrFN3O4. The molecule has 1 atom stereocenters. The Morgan fingerprint density at radius 2 is 2.33 bits per heavy atom. The molecule has 0 saturated carbocycles. The second kappa shape index (κ2) is 6.25. The van der Waals surface area contributed by atoms with Gasteiger partial charge in [0, 0.05) is 31.8 Å². The molecule has 0 unspecified atom stereocenters.